The number of anilines is 1. The van der Waals surface area contributed by atoms with Gasteiger partial charge in [0.05, 0.1) is 18.5 Å². The van der Waals surface area contributed by atoms with Gasteiger partial charge >= 0.3 is 0 Å². The van der Waals surface area contributed by atoms with Crippen LogP contribution in [0.3, 0.4) is 0 Å². The van der Waals surface area contributed by atoms with Crippen LogP contribution in [0.4, 0.5) is 5.82 Å². The Morgan fingerprint density at radius 2 is 2.00 bits per heavy atom. The highest BCUT2D eigenvalue weighted by atomic mass is 35.5. The number of benzene rings is 2. The van der Waals surface area contributed by atoms with E-state index in [2.05, 4.69) is 35.8 Å². The van der Waals surface area contributed by atoms with Crippen LogP contribution in [0.1, 0.15) is 28.7 Å². The van der Waals surface area contributed by atoms with Crippen molar-refractivity contribution in [3.63, 3.8) is 0 Å². The van der Waals surface area contributed by atoms with E-state index >= 15 is 0 Å². The van der Waals surface area contributed by atoms with Crippen molar-refractivity contribution in [3.8, 4) is 11.6 Å². The lowest BCUT2D eigenvalue weighted by molar-refractivity contribution is 0.0949. The predicted octanol–water partition coefficient (Wildman–Crippen LogP) is 3.34. The summed E-state index contributed by atoms with van der Waals surface area (Å²) in [5, 5.41) is 20.2. The molecular formula is C21H19ClN8O3S. The molecule has 174 valence electrons. The minimum Gasteiger partial charge on any atom is -0.496 e. The zero-order chi connectivity index (χ0) is 24.1. The summed E-state index contributed by atoms with van der Waals surface area (Å²) in [7, 11) is 1.57. The molecule has 3 N–H and O–H groups in total. The highest BCUT2D eigenvalue weighted by Gasteiger charge is 2.24. The molecule has 0 spiro atoms. The first kappa shape index (κ1) is 23.3. The molecule has 0 saturated carbocycles. The van der Waals surface area contributed by atoms with Crippen molar-refractivity contribution >= 4 is 40.8 Å². The van der Waals surface area contributed by atoms with Gasteiger partial charge in [-0.3, -0.25) is 4.79 Å². The minimum absolute atomic E-state index is 0.0136. The Morgan fingerprint density at radius 3 is 2.71 bits per heavy atom. The topological polar surface area (TPSA) is 146 Å². The van der Waals surface area contributed by atoms with Gasteiger partial charge < -0.3 is 10.5 Å². The lowest BCUT2D eigenvalue weighted by Crippen LogP contribution is -2.21. The fraction of sp³-hybridized carbons (Fsp3) is 0.143. The number of amides is 1. The molecule has 0 radical (unpaired) electrons. The van der Waals surface area contributed by atoms with Gasteiger partial charge in [0.25, 0.3) is 5.91 Å². The van der Waals surface area contributed by atoms with Crippen LogP contribution < -0.4 is 15.9 Å². The highest BCUT2D eigenvalue weighted by Crippen LogP contribution is 2.27. The van der Waals surface area contributed by atoms with Crippen LogP contribution >= 0.6 is 23.4 Å². The lowest BCUT2D eigenvalue weighted by Gasteiger charge is -2.08. The van der Waals surface area contributed by atoms with E-state index in [-0.39, 0.29) is 17.3 Å². The molecule has 0 atom stereocenters. The van der Waals surface area contributed by atoms with Gasteiger partial charge in [0, 0.05) is 21.2 Å². The second-order valence-electron chi connectivity index (χ2n) is 6.85. The third-order valence-electron chi connectivity index (χ3n) is 4.69. The van der Waals surface area contributed by atoms with E-state index in [4.69, 9.17) is 22.1 Å². The zero-order valence-corrected chi connectivity index (χ0v) is 19.7. The predicted molar refractivity (Wildman–Crippen MR) is 127 cm³/mol. The van der Waals surface area contributed by atoms with Crippen LogP contribution in [0.15, 0.2) is 63.2 Å². The molecular weight excluding hydrogens is 480 g/mol. The van der Waals surface area contributed by atoms with E-state index < -0.39 is 5.91 Å². The Bertz CT molecular complexity index is 1340. The number of thioether (sulfide) groups is 1. The van der Waals surface area contributed by atoms with Crippen LogP contribution in [0, 0.1) is 0 Å². The van der Waals surface area contributed by atoms with Gasteiger partial charge in [-0.25, -0.2) is 10.1 Å². The number of halogens is 1. The van der Waals surface area contributed by atoms with Gasteiger partial charge in [-0.15, -0.1) is 16.9 Å². The molecule has 0 aliphatic rings. The largest absolute Gasteiger partial charge is 0.496 e. The van der Waals surface area contributed by atoms with Crippen molar-refractivity contribution in [2.45, 2.75) is 17.6 Å². The van der Waals surface area contributed by atoms with Gasteiger partial charge in [0.2, 0.25) is 11.6 Å². The third-order valence-corrected chi connectivity index (χ3v) is 5.96. The third kappa shape index (κ3) is 5.02. The molecule has 1 amide bonds. The molecule has 0 aliphatic heterocycles. The summed E-state index contributed by atoms with van der Waals surface area (Å²) in [5.74, 6) is 0.547. The molecule has 0 fully saturated rings. The molecule has 34 heavy (non-hydrogen) atoms. The summed E-state index contributed by atoms with van der Waals surface area (Å²) >= 11 is 7.42. The van der Waals surface area contributed by atoms with E-state index in [0.29, 0.717) is 27.9 Å². The number of nitrogen functional groups attached to an aromatic ring is 1. The molecule has 13 heteroatoms. The molecule has 0 saturated heterocycles. The maximum atomic E-state index is 13.0. The van der Waals surface area contributed by atoms with Gasteiger partial charge in [0.15, 0.2) is 5.69 Å². The van der Waals surface area contributed by atoms with E-state index in [0.717, 1.165) is 10.5 Å². The van der Waals surface area contributed by atoms with Crippen LogP contribution in [-0.2, 0) is 5.75 Å². The molecule has 0 bridgehead atoms. The number of nitrogens with two attached hydrogens (primary N) is 1. The second kappa shape index (κ2) is 10.4. The number of carbonyl (C=O) groups is 1. The van der Waals surface area contributed by atoms with Gasteiger partial charge in [0.1, 0.15) is 5.75 Å². The quantitative estimate of drug-likeness (QED) is 0.212. The number of carbonyl (C=O) groups excluding carboxylic acids is 1. The lowest BCUT2D eigenvalue weighted by atomic mass is 10.1. The highest BCUT2D eigenvalue weighted by molar-refractivity contribution is 7.98. The van der Waals surface area contributed by atoms with Crippen molar-refractivity contribution in [2.75, 3.05) is 12.8 Å². The minimum atomic E-state index is -0.553. The summed E-state index contributed by atoms with van der Waals surface area (Å²) in [6.45, 7) is 1.76. The molecule has 11 nitrogen and oxygen atoms in total. The molecule has 2 heterocycles. The average molecular weight is 499 g/mol. The Morgan fingerprint density at radius 1 is 1.24 bits per heavy atom. The number of nitrogens with zero attached hydrogens (tertiary/aromatic N) is 6. The molecule has 2 aromatic heterocycles. The van der Waals surface area contributed by atoms with Crippen LogP contribution in [-0.4, -0.2) is 44.0 Å². The maximum absolute atomic E-state index is 13.0. The van der Waals surface area contributed by atoms with Crippen molar-refractivity contribution in [2.24, 2.45) is 5.10 Å². The van der Waals surface area contributed by atoms with Crippen LogP contribution in [0.5, 0.6) is 5.75 Å². The number of hydrazone groups is 1. The smallest absolute Gasteiger partial charge is 0.293 e. The van der Waals surface area contributed by atoms with E-state index in [1.165, 1.54) is 16.4 Å². The molecule has 0 unspecified atom stereocenters. The Kier molecular flexibility index (Phi) is 7.09. The number of aromatic nitrogens is 5. The van der Waals surface area contributed by atoms with E-state index in [9.17, 15) is 4.79 Å². The number of hydrogen-bond acceptors (Lipinski definition) is 10. The number of methoxy groups -OCH3 is 1. The van der Waals surface area contributed by atoms with Crippen molar-refractivity contribution < 1.29 is 14.2 Å². The number of nitrogens with one attached hydrogen (secondary N) is 1. The van der Waals surface area contributed by atoms with Crippen molar-refractivity contribution in [3.05, 3.63) is 70.5 Å². The summed E-state index contributed by atoms with van der Waals surface area (Å²) in [5.41, 5.74) is 10.1. The fourth-order valence-electron chi connectivity index (χ4n) is 2.99. The first-order valence-electron chi connectivity index (χ1n) is 9.87. The first-order chi connectivity index (χ1) is 16.5. The second-order valence-corrected chi connectivity index (χ2v) is 8.34. The van der Waals surface area contributed by atoms with Crippen molar-refractivity contribution in [1.82, 2.24) is 30.7 Å². The number of ether oxygens (including phenoxy) is 1. The van der Waals surface area contributed by atoms with Gasteiger partial charge in [-0.05, 0) is 53.6 Å². The summed E-state index contributed by atoms with van der Waals surface area (Å²) in [6, 6.07) is 14.7. The van der Waals surface area contributed by atoms with Gasteiger partial charge in [-0.2, -0.15) is 9.78 Å². The van der Waals surface area contributed by atoms with E-state index in [1.807, 2.05) is 36.4 Å². The summed E-state index contributed by atoms with van der Waals surface area (Å²) in [4.78, 5) is 13.9. The average Bonchev–Trinajstić information content (AvgIpc) is 3.47. The molecule has 0 aliphatic carbocycles. The molecule has 4 rings (SSSR count). The summed E-state index contributed by atoms with van der Waals surface area (Å²) < 4.78 is 11.4. The maximum Gasteiger partial charge on any atom is 0.293 e. The van der Waals surface area contributed by atoms with Crippen molar-refractivity contribution in [1.29, 1.82) is 0 Å². The SMILES string of the molecule is COc1ccccc1/C(C)=N/NC(=O)c1nnn(-c2nonc2N)c1CSc1ccc(Cl)cc1. The van der Waals surface area contributed by atoms with E-state index in [1.54, 1.807) is 26.2 Å². The molecule has 4 aromatic rings. The Hall–Kier alpha value is -3.90. The number of hydrogen-bond donors (Lipinski definition) is 2. The number of para-hydroxylation sites is 1. The normalized spacial score (nSPS) is 11.4. The Balaban J connectivity index is 1.61. The fourth-order valence-corrected chi connectivity index (χ4v) is 4.01. The first-order valence-corrected chi connectivity index (χ1v) is 11.2. The number of rotatable bonds is 8. The summed E-state index contributed by atoms with van der Waals surface area (Å²) in [6.07, 6.45) is 0. The standard InChI is InChI=1S/C21H19ClN8O3S/c1-12(15-5-3-4-6-17(15)32-2)24-26-21(31)18-16(11-34-14-9-7-13(22)8-10-14)30(29-25-18)20-19(23)27-33-28-20/h3-10H,11H2,1-2H3,(H2,23,27)(H,26,31)/b24-12+. The van der Waals surface area contributed by atoms with Crippen LogP contribution in [0.25, 0.3) is 5.82 Å². The molecule has 2 aromatic carbocycles. The Labute approximate surface area is 203 Å². The van der Waals surface area contributed by atoms with Crippen LogP contribution in [0.2, 0.25) is 5.02 Å². The van der Waals surface area contributed by atoms with Gasteiger partial charge in [-0.1, -0.05) is 28.9 Å². The monoisotopic (exact) mass is 498 g/mol. The zero-order valence-electron chi connectivity index (χ0n) is 18.1.